The maximum atomic E-state index is 9.44. The molecule has 0 radical (unpaired) electrons. The Morgan fingerprint density at radius 2 is 2.25 bits per heavy atom. The minimum Gasteiger partial charge on any atom is -0.508 e. The largest absolute Gasteiger partial charge is 0.508 e. The minimum atomic E-state index is 0.206. The van der Waals surface area contributed by atoms with Crippen LogP contribution in [0.5, 0.6) is 5.75 Å². The molecule has 0 atom stereocenters. The molecule has 1 aromatic heterocycles. The van der Waals surface area contributed by atoms with Gasteiger partial charge in [0.2, 0.25) is 0 Å². The van der Waals surface area contributed by atoms with Crippen LogP contribution in [0.2, 0.25) is 0 Å². The molecule has 1 aliphatic heterocycles. The summed E-state index contributed by atoms with van der Waals surface area (Å²) in [6.45, 7) is 1.21. The molecule has 0 aliphatic carbocycles. The van der Waals surface area contributed by atoms with Gasteiger partial charge in [-0.15, -0.1) is 0 Å². The van der Waals surface area contributed by atoms with E-state index >= 15 is 0 Å². The van der Waals surface area contributed by atoms with Crippen molar-refractivity contribution in [3.8, 4) is 5.75 Å². The SMILES string of the molecule is Nc1c2c(nc3ccc(O)cc13)CCOC2. The molecule has 1 aliphatic rings. The lowest BCUT2D eigenvalue weighted by Crippen LogP contribution is -2.14. The van der Waals surface area contributed by atoms with Crippen LogP contribution in [-0.2, 0) is 17.8 Å². The highest BCUT2D eigenvalue weighted by Gasteiger charge is 2.16. The molecule has 0 fully saturated rings. The lowest BCUT2D eigenvalue weighted by molar-refractivity contribution is 0.110. The van der Waals surface area contributed by atoms with Gasteiger partial charge >= 0.3 is 0 Å². The number of hydrogen-bond donors (Lipinski definition) is 2. The van der Waals surface area contributed by atoms with Gasteiger partial charge in [0, 0.05) is 23.1 Å². The fourth-order valence-electron chi connectivity index (χ4n) is 2.08. The van der Waals surface area contributed by atoms with Crippen LogP contribution < -0.4 is 5.73 Å². The smallest absolute Gasteiger partial charge is 0.116 e. The van der Waals surface area contributed by atoms with Gasteiger partial charge in [-0.3, -0.25) is 4.98 Å². The summed E-state index contributed by atoms with van der Waals surface area (Å²) in [5, 5.41) is 10.2. The van der Waals surface area contributed by atoms with Gasteiger partial charge in [-0.25, -0.2) is 0 Å². The van der Waals surface area contributed by atoms with Crippen molar-refractivity contribution in [3.05, 3.63) is 29.5 Å². The van der Waals surface area contributed by atoms with Gasteiger partial charge < -0.3 is 15.6 Å². The topological polar surface area (TPSA) is 68.4 Å². The second kappa shape index (κ2) is 3.35. The maximum absolute atomic E-state index is 9.44. The van der Waals surface area contributed by atoms with Crippen molar-refractivity contribution >= 4 is 16.6 Å². The standard InChI is InChI=1S/C12H12N2O2/c13-12-8-5-7(15)1-2-10(8)14-11-3-4-16-6-9(11)12/h1-2,5,15H,3-4,6H2,(H2,13,14). The lowest BCUT2D eigenvalue weighted by atomic mass is 10.0. The maximum Gasteiger partial charge on any atom is 0.116 e. The number of pyridine rings is 1. The predicted octanol–water partition coefficient (Wildman–Crippen LogP) is 1.60. The Bertz CT molecular complexity index is 566. The number of fused-ring (bicyclic) bond motifs is 2. The van der Waals surface area contributed by atoms with Crippen molar-refractivity contribution in [3.63, 3.8) is 0 Å². The molecular formula is C12H12N2O2. The third kappa shape index (κ3) is 1.31. The second-order valence-corrected chi connectivity index (χ2v) is 3.95. The van der Waals surface area contributed by atoms with E-state index in [9.17, 15) is 5.11 Å². The van der Waals surface area contributed by atoms with Gasteiger partial charge in [-0.1, -0.05) is 0 Å². The fraction of sp³-hybridized carbons (Fsp3) is 0.250. The summed E-state index contributed by atoms with van der Waals surface area (Å²) in [4.78, 5) is 4.55. The Kier molecular flexibility index (Phi) is 1.97. The summed E-state index contributed by atoms with van der Waals surface area (Å²) in [5.74, 6) is 0.206. The number of aromatic hydroxyl groups is 1. The Morgan fingerprint density at radius 1 is 1.38 bits per heavy atom. The number of nitrogens with two attached hydrogens (primary N) is 1. The number of rotatable bonds is 0. The zero-order chi connectivity index (χ0) is 11.1. The molecular weight excluding hydrogens is 204 g/mol. The van der Waals surface area contributed by atoms with Crippen LogP contribution in [0.25, 0.3) is 10.9 Å². The molecule has 16 heavy (non-hydrogen) atoms. The van der Waals surface area contributed by atoms with Gasteiger partial charge in [0.1, 0.15) is 5.75 Å². The quantitative estimate of drug-likeness (QED) is 0.701. The second-order valence-electron chi connectivity index (χ2n) is 3.95. The van der Waals surface area contributed by atoms with Gasteiger partial charge in [0.25, 0.3) is 0 Å². The van der Waals surface area contributed by atoms with E-state index in [0.717, 1.165) is 28.6 Å². The van der Waals surface area contributed by atoms with Crippen LogP contribution in [0.4, 0.5) is 5.69 Å². The predicted molar refractivity (Wildman–Crippen MR) is 61.2 cm³/mol. The van der Waals surface area contributed by atoms with Crippen LogP contribution in [0.1, 0.15) is 11.3 Å². The summed E-state index contributed by atoms with van der Waals surface area (Å²) in [6, 6.07) is 5.06. The number of hydrogen-bond acceptors (Lipinski definition) is 4. The highest BCUT2D eigenvalue weighted by molar-refractivity contribution is 5.93. The third-order valence-corrected chi connectivity index (χ3v) is 2.93. The molecule has 0 amide bonds. The van der Waals surface area contributed by atoms with Crippen LogP contribution >= 0.6 is 0 Å². The summed E-state index contributed by atoms with van der Waals surface area (Å²) in [6.07, 6.45) is 0.802. The average Bonchev–Trinajstić information content (AvgIpc) is 2.31. The molecule has 4 nitrogen and oxygen atoms in total. The first-order valence-electron chi connectivity index (χ1n) is 5.23. The molecule has 3 N–H and O–H groups in total. The van der Waals surface area contributed by atoms with Crippen molar-refractivity contribution in [1.82, 2.24) is 4.98 Å². The molecule has 4 heteroatoms. The Hall–Kier alpha value is -1.81. The molecule has 1 aromatic carbocycles. The van der Waals surface area contributed by atoms with Gasteiger partial charge in [-0.2, -0.15) is 0 Å². The minimum absolute atomic E-state index is 0.206. The zero-order valence-corrected chi connectivity index (χ0v) is 8.73. The Morgan fingerprint density at radius 3 is 3.12 bits per heavy atom. The first kappa shape index (κ1) is 9.42. The molecule has 0 saturated carbocycles. The molecule has 0 spiro atoms. The normalized spacial score (nSPS) is 15.0. The number of aromatic nitrogens is 1. The molecule has 0 bridgehead atoms. The average molecular weight is 216 g/mol. The fourth-order valence-corrected chi connectivity index (χ4v) is 2.08. The van der Waals surface area contributed by atoms with Crippen LogP contribution in [0.3, 0.4) is 0 Å². The van der Waals surface area contributed by atoms with E-state index in [1.165, 1.54) is 0 Å². The molecule has 2 aromatic rings. The van der Waals surface area contributed by atoms with Crippen LogP contribution in [-0.4, -0.2) is 16.7 Å². The highest BCUT2D eigenvalue weighted by Crippen LogP contribution is 2.30. The van der Waals surface area contributed by atoms with Gasteiger partial charge in [0.15, 0.2) is 0 Å². The number of phenols is 1. The lowest BCUT2D eigenvalue weighted by Gasteiger charge is -2.18. The number of nitrogen functional groups attached to an aromatic ring is 1. The summed E-state index contributed by atoms with van der Waals surface area (Å²) in [7, 11) is 0. The molecule has 3 rings (SSSR count). The van der Waals surface area contributed by atoms with Crippen LogP contribution in [0, 0.1) is 0 Å². The van der Waals surface area contributed by atoms with E-state index < -0.39 is 0 Å². The number of nitrogens with zero attached hydrogens (tertiary/aromatic N) is 1. The monoisotopic (exact) mass is 216 g/mol. The summed E-state index contributed by atoms with van der Waals surface area (Å²) < 4.78 is 5.37. The van der Waals surface area contributed by atoms with Gasteiger partial charge in [0.05, 0.1) is 24.4 Å². The van der Waals surface area contributed by atoms with Gasteiger partial charge in [-0.05, 0) is 18.2 Å². The third-order valence-electron chi connectivity index (χ3n) is 2.93. The van der Waals surface area contributed by atoms with Crippen molar-refractivity contribution in [1.29, 1.82) is 0 Å². The van der Waals surface area contributed by atoms with Crippen molar-refractivity contribution < 1.29 is 9.84 Å². The Labute approximate surface area is 92.7 Å². The van der Waals surface area contributed by atoms with Crippen molar-refractivity contribution in [2.75, 3.05) is 12.3 Å². The van der Waals surface area contributed by atoms with E-state index in [1.54, 1.807) is 18.2 Å². The number of phenolic OH excluding ortho intramolecular Hbond substituents is 1. The zero-order valence-electron chi connectivity index (χ0n) is 8.73. The van der Waals surface area contributed by atoms with E-state index in [2.05, 4.69) is 4.98 Å². The highest BCUT2D eigenvalue weighted by atomic mass is 16.5. The number of benzene rings is 1. The molecule has 0 unspecified atom stereocenters. The van der Waals surface area contributed by atoms with Crippen LogP contribution in [0.15, 0.2) is 18.2 Å². The molecule has 0 saturated heterocycles. The number of ether oxygens (including phenoxy) is 1. The number of anilines is 1. The molecule has 82 valence electrons. The van der Waals surface area contributed by atoms with Crippen molar-refractivity contribution in [2.45, 2.75) is 13.0 Å². The van der Waals surface area contributed by atoms with E-state index in [-0.39, 0.29) is 5.75 Å². The summed E-state index contributed by atoms with van der Waals surface area (Å²) >= 11 is 0. The van der Waals surface area contributed by atoms with E-state index in [0.29, 0.717) is 18.9 Å². The van der Waals surface area contributed by atoms with E-state index in [4.69, 9.17) is 10.5 Å². The Balaban J connectivity index is 2.35. The van der Waals surface area contributed by atoms with E-state index in [1.807, 2.05) is 0 Å². The first-order chi connectivity index (χ1) is 7.75. The summed E-state index contributed by atoms with van der Waals surface area (Å²) in [5.41, 5.74) is 9.56. The van der Waals surface area contributed by atoms with Crippen molar-refractivity contribution in [2.24, 2.45) is 0 Å². The first-order valence-corrected chi connectivity index (χ1v) is 5.23. The molecule has 2 heterocycles.